The van der Waals surface area contributed by atoms with Gasteiger partial charge in [-0.1, -0.05) is 48.5 Å². The summed E-state index contributed by atoms with van der Waals surface area (Å²) in [6.07, 6.45) is 0. The molecule has 0 unspecified atom stereocenters. The van der Waals surface area contributed by atoms with E-state index in [-0.39, 0.29) is 24.6 Å². The molecule has 212 valence electrons. The molecule has 6 nitrogen and oxygen atoms in total. The number of carbonyl (C=O) groups is 2. The summed E-state index contributed by atoms with van der Waals surface area (Å²) in [5, 5.41) is 8.46. The third-order valence-corrected chi connectivity index (χ3v) is 8.31. The first-order chi connectivity index (χ1) is 21.5. The molecule has 2 aliphatic heterocycles. The molecule has 0 aromatic heterocycles. The summed E-state index contributed by atoms with van der Waals surface area (Å²) in [5.41, 5.74) is 4.41. The second kappa shape index (κ2) is 9.99. The largest absolute Gasteiger partial charge is 0.461 e. The number of hydrogen-bond donors (Lipinski definition) is 0. The smallest absolute Gasteiger partial charge is 0.357 e. The van der Waals surface area contributed by atoms with Crippen LogP contribution in [0.25, 0.3) is 54.5 Å². The highest BCUT2D eigenvalue weighted by atomic mass is 16.5. The number of hydrogen-bond acceptors (Lipinski definition) is 6. The van der Waals surface area contributed by atoms with Gasteiger partial charge in [-0.3, -0.25) is 0 Å². The predicted octanol–water partition coefficient (Wildman–Crippen LogP) is 7.86. The predicted molar refractivity (Wildman–Crippen MR) is 176 cm³/mol. The molecule has 6 aromatic carbocycles. The Bertz CT molecular complexity index is 2180. The number of benzene rings is 6. The molecule has 0 aliphatic carbocycles. The van der Waals surface area contributed by atoms with E-state index in [1.807, 2.05) is 36.4 Å². The van der Waals surface area contributed by atoms with Crippen LogP contribution in [0.3, 0.4) is 0 Å². The minimum absolute atomic E-state index is 0.227. The Hall–Kier alpha value is -5.62. The molecule has 6 heteroatoms. The fourth-order valence-electron chi connectivity index (χ4n) is 6.30. The molecule has 8 rings (SSSR count). The van der Waals surface area contributed by atoms with Crippen LogP contribution in [0, 0.1) is 0 Å². The third-order valence-electron chi connectivity index (χ3n) is 8.31. The quantitative estimate of drug-likeness (QED) is 0.159. The molecule has 0 saturated heterocycles. The molecule has 0 atom stereocenters. The average molecular weight is 575 g/mol. The fraction of sp³-hybridized carbons (Fsp3) is 0.105. The summed E-state index contributed by atoms with van der Waals surface area (Å²) in [6, 6.07) is 33.0. The van der Waals surface area contributed by atoms with E-state index in [0.29, 0.717) is 22.5 Å². The molecule has 0 radical (unpaired) electrons. The molecular formula is C38H26N2O4. The van der Waals surface area contributed by atoms with E-state index in [1.54, 1.807) is 13.8 Å². The second-order valence-corrected chi connectivity index (χ2v) is 10.9. The van der Waals surface area contributed by atoms with Gasteiger partial charge in [-0.25, -0.2) is 19.6 Å². The van der Waals surface area contributed by atoms with Gasteiger partial charge in [0.2, 0.25) is 0 Å². The minimum Gasteiger partial charge on any atom is -0.461 e. The zero-order valence-electron chi connectivity index (χ0n) is 24.2. The van der Waals surface area contributed by atoms with Crippen LogP contribution in [-0.4, -0.2) is 36.6 Å². The van der Waals surface area contributed by atoms with Crippen LogP contribution in [0.4, 0.5) is 0 Å². The molecule has 2 heterocycles. The van der Waals surface area contributed by atoms with Crippen molar-refractivity contribution >= 4 is 77.8 Å². The van der Waals surface area contributed by atoms with E-state index in [2.05, 4.69) is 60.7 Å². The molecule has 0 spiro atoms. The number of aliphatic imine (C=N–C) groups is 2. The van der Waals surface area contributed by atoms with Crippen LogP contribution in [0.2, 0.25) is 0 Å². The number of carbonyl (C=O) groups excluding carboxylic acids is 2. The number of esters is 2. The zero-order valence-corrected chi connectivity index (χ0v) is 24.2. The van der Waals surface area contributed by atoms with E-state index in [4.69, 9.17) is 19.5 Å². The zero-order chi connectivity index (χ0) is 29.9. The second-order valence-electron chi connectivity index (χ2n) is 10.9. The molecule has 6 aromatic rings. The van der Waals surface area contributed by atoms with Gasteiger partial charge in [0.05, 0.1) is 24.6 Å². The highest BCUT2D eigenvalue weighted by Crippen LogP contribution is 2.43. The lowest BCUT2D eigenvalue weighted by atomic mass is 9.93. The summed E-state index contributed by atoms with van der Waals surface area (Å²) in [4.78, 5) is 36.2. The van der Waals surface area contributed by atoms with E-state index >= 15 is 0 Å². The molecule has 0 saturated carbocycles. The SMILES string of the molecule is CCOC(=O)C1=N/C(=C2\N=C(C(=O)OCC)c3cc4cc5ccccc5cc4cc32)c2cc3cc4ccccc4cc3cc21. The Morgan fingerprint density at radius 1 is 0.477 bits per heavy atom. The normalized spacial score (nSPS) is 15.4. The van der Waals surface area contributed by atoms with Crippen LogP contribution in [0.5, 0.6) is 0 Å². The van der Waals surface area contributed by atoms with Gasteiger partial charge >= 0.3 is 11.9 Å². The molecule has 0 N–H and O–H groups in total. The maximum atomic E-state index is 13.2. The summed E-state index contributed by atoms with van der Waals surface area (Å²) < 4.78 is 10.9. The van der Waals surface area contributed by atoms with Crippen LogP contribution in [-0.2, 0) is 19.1 Å². The first kappa shape index (κ1) is 26.0. The average Bonchev–Trinajstić information content (AvgIpc) is 3.58. The summed E-state index contributed by atoms with van der Waals surface area (Å²) in [6.45, 7) is 4.01. The first-order valence-corrected chi connectivity index (χ1v) is 14.7. The summed E-state index contributed by atoms with van der Waals surface area (Å²) >= 11 is 0. The molecule has 2 aliphatic rings. The van der Waals surface area contributed by atoms with Crippen LogP contribution >= 0.6 is 0 Å². The monoisotopic (exact) mass is 574 g/mol. The van der Waals surface area contributed by atoms with Crippen molar-refractivity contribution in [3.05, 3.63) is 119 Å². The van der Waals surface area contributed by atoms with E-state index < -0.39 is 11.9 Å². The van der Waals surface area contributed by atoms with Crippen molar-refractivity contribution in [3.8, 4) is 0 Å². The molecule has 0 amide bonds. The van der Waals surface area contributed by atoms with Gasteiger partial charge in [-0.05, 0) is 105 Å². The van der Waals surface area contributed by atoms with Crippen molar-refractivity contribution in [1.29, 1.82) is 0 Å². The molecule has 0 fully saturated rings. The molecule has 44 heavy (non-hydrogen) atoms. The standard InChI is InChI=1S/C38H26N2O4/c1-3-43-37(41)35-31-19-27-15-23-11-7-5-9-21(23)13-25(27)17-29(31)33(39-35)34-30-18-26-14-22-10-6-8-12-24(22)16-28(26)20-32(30)36(40-34)38(42)44-4-2/h5-20H,3-4H2,1-2H3/b34-33-. The van der Waals surface area contributed by atoms with Gasteiger partial charge < -0.3 is 9.47 Å². The number of fused-ring (bicyclic) bond motifs is 6. The van der Waals surface area contributed by atoms with E-state index in [0.717, 1.165) is 54.2 Å². The first-order valence-electron chi connectivity index (χ1n) is 14.7. The third kappa shape index (κ3) is 4.02. The van der Waals surface area contributed by atoms with Gasteiger partial charge in [0.1, 0.15) is 0 Å². The molecular weight excluding hydrogens is 548 g/mol. The van der Waals surface area contributed by atoms with Gasteiger partial charge in [0.15, 0.2) is 11.4 Å². The highest BCUT2D eigenvalue weighted by molar-refractivity contribution is 6.49. The number of ether oxygens (including phenoxy) is 2. The van der Waals surface area contributed by atoms with Gasteiger partial charge in [0.25, 0.3) is 0 Å². The lowest BCUT2D eigenvalue weighted by Gasteiger charge is -2.10. The van der Waals surface area contributed by atoms with Crippen LogP contribution in [0.15, 0.2) is 107 Å². The fourth-order valence-corrected chi connectivity index (χ4v) is 6.30. The van der Waals surface area contributed by atoms with E-state index in [1.165, 1.54) is 0 Å². The van der Waals surface area contributed by atoms with Crippen molar-refractivity contribution in [2.45, 2.75) is 13.8 Å². The number of nitrogens with zero attached hydrogens (tertiary/aromatic N) is 2. The summed E-state index contributed by atoms with van der Waals surface area (Å²) in [5.74, 6) is -0.996. The molecule has 0 bridgehead atoms. The Morgan fingerprint density at radius 3 is 1.11 bits per heavy atom. The van der Waals surface area contributed by atoms with Crippen molar-refractivity contribution in [3.63, 3.8) is 0 Å². The van der Waals surface area contributed by atoms with Crippen LogP contribution < -0.4 is 0 Å². The van der Waals surface area contributed by atoms with Gasteiger partial charge in [-0.2, -0.15) is 0 Å². The summed E-state index contributed by atoms with van der Waals surface area (Å²) in [7, 11) is 0. The van der Waals surface area contributed by atoms with Crippen molar-refractivity contribution in [1.82, 2.24) is 0 Å². The van der Waals surface area contributed by atoms with Crippen molar-refractivity contribution in [2.75, 3.05) is 13.2 Å². The Morgan fingerprint density at radius 2 is 0.795 bits per heavy atom. The van der Waals surface area contributed by atoms with Gasteiger partial charge in [-0.15, -0.1) is 0 Å². The van der Waals surface area contributed by atoms with Crippen molar-refractivity contribution in [2.24, 2.45) is 9.98 Å². The minimum atomic E-state index is -0.498. The topological polar surface area (TPSA) is 77.3 Å². The van der Waals surface area contributed by atoms with E-state index in [9.17, 15) is 9.59 Å². The maximum Gasteiger partial charge on any atom is 0.357 e. The number of rotatable bonds is 4. The van der Waals surface area contributed by atoms with Crippen LogP contribution in [0.1, 0.15) is 36.1 Å². The Kier molecular flexibility index (Phi) is 5.91. The lowest BCUT2D eigenvalue weighted by molar-refractivity contribution is -0.135. The Labute approximate surface area is 253 Å². The highest BCUT2D eigenvalue weighted by Gasteiger charge is 2.34. The van der Waals surface area contributed by atoms with Crippen molar-refractivity contribution < 1.29 is 19.1 Å². The Balaban J connectivity index is 1.42. The lowest BCUT2D eigenvalue weighted by Crippen LogP contribution is -2.17. The maximum absolute atomic E-state index is 13.2. The van der Waals surface area contributed by atoms with Gasteiger partial charge in [0, 0.05) is 22.3 Å².